The fourth-order valence-corrected chi connectivity index (χ4v) is 5.35. The molecule has 1 aliphatic heterocycles. The minimum atomic E-state index is -0.445. The molecule has 4 N–H and O–H groups in total. The molecule has 0 bridgehead atoms. The molecule has 5 rings (SSSR count). The number of amides is 1. The first-order valence-corrected chi connectivity index (χ1v) is 14.8. The molecule has 224 valence electrons. The van der Waals surface area contributed by atoms with Crippen LogP contribution in [-0.2, 0) is 4.74 Å². The molecule has 2 atom stereocenters. The summed E-state index contributed by atoms with van der Waals surface area (Å²) < 4.78 is 5.56. The van der Waals surface area contributed by atoms with Gasteiger partial charge in [0.25, 0.3) is 0 Å². The quantitative estimate of drug-likeness (QED) is 0.294. The number of hydrogen-bond donors (Lipinski definition) is 3. The topological polar surface area (TPSA) is 143 Å². The minimum Gasteiger partial charge on any atom is -0.507 e. The zero-order valence-electron chi connectivity index (χ0n) is 24.4. The van der Waals surface area contributed by atoms with Crippen molar-refractivity contribution in [2.75, 3.05) is 41.7 Å². The van der Waals surface area contributed by atoms with Crippen molar-refractivity contribution < 1.29 is 14.6 Å². The summed E-state index contributed by atoms with van der Waals surface area (Å²) in [5.41, 5.74) is 8.22. The molecule has 1 fully saturated rings. The number of phenols is 1. The molecule has 1 aromatic carbocycles. The van der Waals surface area contributed by atoms with Gasteiger partial charge in [-0.3, -0.25) is 0 Å². The first-order chi connectivity index (χ1) is 21.0. The van der Waals surface area contributed by atoms with E-state index in [1.807, 2.05) is 18.2 Å². The highest BCUT2D eigenvalue weighted by Gasteiger charge is 2.24. The number of carbonyl (C=O) groups excluding carboxylic acids is 1. The van der Waals surface area contributed by atoms with E-state index in [1.165, 1.54) is 0 Å². The predicted molar refractivity (Wildman–Crippen MR) is 167 cm³/mol. The van der Waals surface area contributed by atoms with Crippen LogP contribution in [0.15, 0.2) is 54.7 Å². The summed E-state index contributed by atoms with van der Waals surface area (Å²) in [4.78, 5) is 25.7. The molecular formula is C32H38N8O3. The van der Waals surface area contributed by atoms with E-state index in [2.05, 4.69) is 61.2 Å². The van der Waals surface area contributed by atoms with Gasteiger partial charge in [0.1, 0.15) is 17.7 Å². The molecule has 2 aromatic heterocycles. The van der Waals surface area contributed by atoms with Crippen molar-refractivity contribution in [1.29, 1.82) is 0 Å². The van der Waals surface area contributed by atoms with E-state index in [0.717, 1.165) is 56.6 Å². The minimum absolute atomic E-state index is 0.0602. The van der Waals surface area contributed by atoms with Crippen LogP contribution in [0.1, 0.15) is 51.3 Å². The van der Waals surface area contributed by atoms with Gasteiger partial charge < -0.3 is 30.7 Å². The van der Waals surface area contributed by atoms with Crippen LogP contribution in [-0.4, -0.2) is 69.7 Å². The first kappa shape index (κ1) is 29.6. The van der Waals surface area contributed by atoms with Crippen molar-refractivity contribution in [2.24, 2.45) is 0 Å². The average Bonchev–Trinajstić information content (AvgIpc) is 3.19. The monoisotopic (exact) mass is 582 g/mol. The number of nitrogens with two attached hydrogens (primary N) is 1. The van der Waals surface area contributed by atoms with Crippen LogP contribution in [0, 0.1) is 11.8 Å². The summed E-state index contributed by atoms with van der Waals surface area (Å²) in [6, 6.07) is 11.0. The lowest BCUT2D eigenvalue weighted by Gasteiger charge is -2.28. The van der Waals surface area contributed by atoms with Crippen molar-refractivity contribution in [3.05, 3.63) is 60.6 Å². The number of phenolic OH excluding ortho intramolecular Hbond substituents is 1. The number of alkyl carbamates (subject to hydrolysis) is 1. The largest absolute Gasteiger partial charge is 0.507 e. The van der Waals surface area contributed by atoms with Gasteiger partial charge in [-0.1, -0.05) is 30.2 Å². The molecule has 0 radical (unpaired) electrons. The summed E-state index contributed by atoms with van der Waals surface area (Å²) in [5.74, 6) is 7.56. The maximum atomic E-state index is 12.2. The van der Waals surface area contributed by atoms with E-state index < -0.39 is 6.09 Å². The van der Waals surface area contributed by atoms with E-state index in [4.69, 9.17) is 15.5 Å². The van der Waals surface area contributed by atoms with E-state index in [1.54, 1.807) is 24.4 Å². The van der Waals surface area contributed by atoms with Gasteiger partial charge >= 0.3 is 6.09 Å². The summed E-state index contributed by atoms with van der Waals surface area (Å²) in [6.07, 6.45) is 11.1. The lowest BCUT2D eigenvalue weighted by molar-refractivity contribution is 0.0873. The third-order valence-electron chi connectivity index (χ3n) is 7.73. The second-order valence-corrected chi connectivity index (χ2v) is 10.7. The lowest BCUT2D eigenvalue weighted by atomic mass is 10.0. The third kappa shape index (κ3) is 7.92. The number of nitrogens with zero attached hydrogens (tertiary/aromatic N) is 6. The Bertz CT molecular complexity index is 1500. The van der Waals surface area contributed by atoms with Crippen LogP contribution in [0.3, 0.4) is 0 Å². The maximum Gasteiger partial charge on any atom is 0.408 e. The highest BCUT2D eigenvalue weighted by molar-refractivity contribution is 5.74. The van der Waals surface area contributed by atoms with Gasteiger partial charge in [0.05, 0.1) is 17.9 Å². The number of rotatable bonds is 5. The van der Waals surface area contributed by atoms with E-state index in [0.29, 0.717) is 36.0 Å². The van der Waals surface area contributed by atoms with Gasteiger partial charge in [0.2, 0.25) is 5.82 Å². The zero-order chi connectivity index (χ0) is 30.0. The van der Waals surface area contributed by atoms with E-state index in [-0.39, 0.29) is 24.4 Å². The molecule has 0 unspecified atom stereocenters. The van der Waals surface area contributed by atoms with E-state index in [9.17, 15) is 9.90 Å². The Balaban J connectivity index is 1.19. The Morgan fingerprint density at radius 2 is 1.98 bits per heavy atom. The van der Waals surface area contributed by atoms with Crippen LogP contribution < -0.4 is 20.9 Å². The summed E-state index contributed by atoms with van der Waals surface area (Å²) in [5, 5.41) is 21.4. The lowest BCUT2D eigenvalue weighted by Crippen LogP contribution is -2.35. The van der Waals surface area contributed by atoms with Crippen LogP contribution in [0.2, 0.25) is 0 Å². The van der Waals surface area contributed by atoms with E-state index >= 15 is 0 Å². The van der Waals surface area contributed by atoms with Gasteiger partial charge in [0, 0.05) is 37.4 Å². The number of nitrogens with one attached hydrogen (secondary N) is 1. The number of ether oxygens (including phenoxy) is 1. The Hall–Kier alpha value is -4.85. The molecule has 0 saturated carbocycles. The predicted octanol–water partition coefficient (Wildman–Crippen LogP) is 4.29. The maximum absolute atomic E-state index is 12.2. The van der Waals surface area contributed by atoms with Crippen molar-refractivity contribution in [3.8, 4) is 28.8 Å². The molecule has 43 heavy (non-hydrogen) atoms. The normalized spacial score (nSPS) is 19.7. The van der Waals surface area contributed by atoms with Gasteiger partial charge in [-0.25, -0.2) is 14.8 Å². The second-order valence-electron chi connectivity index (χ2n) is 10.7. The van der Waals surface area contributed by atoms with Crippen molar-refractivity contribution >= 4 is 23.4 Å². The molecule has 0 spiro atoms. The SMILES string of the molecule is C[C@H]1CCN(c2cc(-c3ccccc3O)nnc2N)CCN1c1ccnc(C#CCNC(=O)O[C@H]2CC/C=C\CCC2)n1. The number of allylic oxidation sites excluding steroid dienone is 2. The number of nitrogen functional groups attached to an aromatic ring is 1. The number of aromatic hydroxyl groups is 1. The molecule has 11 nitrogen and oxygen atoms in total. The van der Waals surface area contributed by atoms with Crippen molar-refractivity contribution in [1.82, 2.24) is 25.5 Å². The third-order valence-corrected chi connectivity index (χ3v) is 7.73. The molecular weight excluding hydrogens is 544 g/mol. The molecule has 1 amide bonds. The van der Waals surface area contributed by atoms with Crippen molar-refractivity contribution in [3.63, 3.8) is 0 Å². The fourth-order valence-electron chi connectivity index (χ4n) is 5.35. The van der Waals surface area contributed by atoms with Gasteiger partial charge in [-0.15, -0.1) is 10.2 Å². The number of carbonyl (C=O) groups is 1. The Labute approximate surface area is 252 Å². The molecule has 1 aliphatic carbocycles. The fraction of sp³-hybridized carbons (Fsp3) is 0.406. The van der Waals surface area contributed by atoms with Crippen molar-refractivity contribution in [2.45, 2.75) is 57.6 Å². The van der Waals surface area contributed by atoms with Crippen LogP contribution in [0.5, 0.6) is 5.75 Å². The van der Waals surface area contributed by atoms with Gasteiger partial charge in [-0.05, 0) is 75.6 Å². The highest BCUT2D eigenvalue weighted by Crippen LogP contribution is 2.32. The van der Waals surface area contributed by atoms with Crippen LogP contribution in [0.4, 0.5) is 22.1 Å². The number of hydrogen-bond acceptors (Lipinski definition) is 10. The number of benzene rings is 1. The second kappa shape index (κ2) is 14.4. The number of para-hydroxylation sites is 1. The average molecular weight is 583 g/mol. The van der Waals surface area contributed by atoms with Gasteiger partial charge in [0.15, 0.2) is 5.82 Å². The Morgan fingerprint density at radius 1 is 1.12 bits per heavy atom. The standard InChI is InChI=1S/C32H38N8O3/c1-23-16-19-39(27-22-26(37-38-31(27)33)25-12-7-8-13-28(25)41)20-21-40(23)30-15-18-34-29(36-30)14-9-17-35-32(42)43-24-10-5-3-2-4-6-11-24/h2-3,7-8,12-13,15,18,22-24,41H,4-6,10-11,16-17,19-21H2,1H3,(H2,33,38)(H,35,42)/b3-2-/t23-,24-/m0/s1. The number of anilines is 3. The van der Waals surface area contributed by atoms with Crippen LogP contribution >= 0.6 is 0 Å². The molecule has 3 heterocycles. The molecule has 11 heteroatoms. The first-order valence-electron chi connectivity index (χ1n) is 14.8. The summed E-state index contributed by atoms with van der Waals surface area (Å²) in [6.45, 7) is 4.47. The summed E-state index contributed by atoms with van der Waals surface area (Å²) >= 11 is 0. The Kier molecular flexibility index (Phi) is 9.90. The van der Waals surface area contributed by atoms with Gasteiger partial charge in [-0.2, -0.15) is 0 Å². The molecule has 1 saturated heterocycles. The zero-order valence-corrected chi connectivity index (χ0v) is 24.4. The molecule has 2 aliphatic rings. The molecule has 3 aromatic rings. The smallest absolute Gasteiger partial charge is 0.408 e. The number of aromatic nitrogens is 4. The summed E-state index contributed by atoms with van der Waals surface area (Å²) in [7, 11) is 0. The highest BCUT2D eigenvalue weighted by atomic mass is 16.6. The van der Waals surface area contributed by atoms with Crippen LogP contribution in [0.25, 0.3) is 11.3 Å². The Morgan fingerprint density at radius 3 is 2.86 bits per heavy atom.